The molecule has 0 amide bonds. The van der Waals surface area contributed by atoms with Gasteiger partial charge in [0, 0.05) is 18.1 Å². The summed E-state index contributed by atoms with van der Waals surface area (Å²) in [6.45, 7) is 3.97. The molecule has 0 heterocycles. The summed E-state index contributed by atoms with van der Waals surface area (Å²) in [4.78, 5) is 20.7. The van der Waals surface area contributed by atoms with E-state index < -0.39 is 28.0 Å². The molecule has 20 heavy (non-hydrogen) atoms. The molecule has 0 aromatic heterocycles. The molecule has 1 aromatic carbocycles. The molecule has 2 N–H and O–H groups in total. The second-order valence-corrected chi connectivity index (χ2v) is 4.85. The smallest absolute Gasteiger partial charge is 0.342 e. The van der Waals surface area contributed by atoms with Crippen LogP contribution in [0.3, 0.4) is 0 Å². The van der Waals surface area contributed by atoms with Gasteiger partial charge in [-0.05, 0) is 6.07 Å². The predicted molar refractivity (Wildman–Crippen MR) is 76.0 cm³/mol. The van der Waals surface area contributed by atoms with Crippen LogP contribution in [-0.2, 0) is 0 Å². The van der Waals surface area contributed by atoms with Gasteiger partial charge in [-0.1, -0.05) is 6.08 Å². The molecule has 0 aliphatic carbocycles. The van der Waals surface area contributed by atoms with Crippen molar-refractivity contribution >= 4 is 29.1 Å². The van der Waals surface area contributed by atoms with E-state index in [0.29, 0.717) is 18.4 Å². The SMILES string of the molecule is C=CCSCCNc1cc(C(=O)O)c([N+](=O)[O-])cc1F. The second kappa shape index (κ2) is 7.49. The minimum atomic E-state index is -1.47. The van der Waals surface area contributed by atoms with Gasteiger partial charge < -0.3 is 10.4 Å². The highest BCUT2D eigenvalue weighted by Crippen LogP contribution is 2.26. The maximum atomic E-state index is 13.6. The Morgan fingerprint density at radius 3 is 2.85 bits per heavy atom. The first-order valence-corrected chi connectivity index (χ1v) is 6.76. The zero-order valence-electron chi connectivity index (χ0n) is 10.5. The van der Waals surface area contributed by atoms with Gasteiger partial charge in [-0.15, -0.1) is 6.58 Å². The van der Waals surface area contributed by atoms with Crippen LogP contribution in [0.2, 0.25) is 0 Å². The van der Waals surface area contributed by atoms with Gasteiger partial charge in [0.15, 0.2) is 5.82 Å². The standard InChI is InChI=1S/C12H13FN2O4S/c1-2-4-20-5-3-14-10-6-8(12(16)17)11(15(18)19)7-9(10)13/h2,6-7,14H,1,3-5H2,(H,16,17). The van der Waals surface area contributed by atoms with E-state index in [1.807, 2.05) is 0 Å². The number of carboxylic acid groups (broad SMARTS) is 1. The van der Waals surface area contributed by atoms with Crippen molar-refractivity contribution in [3.8, 4) is 0 Å². The van der Waals surface area contributed by atoms with Crippen LogP contribution >= 0.6 is 11.8 Å². The number of nitro benzene ring substituents is 1. The number of nitro groups is 1. The molecular formula is C12H13FN2O4S. The van der Waals surface area contributed by atoms with Crippen molar-refractivity contribution in [2.45, 2.75) is 0 Å². The van der Waals surface area contributed by atoms with Gasteiger partial charge in [0.2, 0.25) is 0 Å². The van der Waals surface area contributed by atoms with E-state index in [2.05, 4.69) is 11.9 Å². The average Bonchev–Trinajstić information content (AvgIpc) is 2.39. The first kappa shape index (κ1) is 16.0. The average molecular weight is 300 g/mol. The Morgan fingerprint density at radius 2 is 2.30 bits per heavy atom. The fourth-order valence-corrected chi connectivity index (χ4v) is 2.02. The maximum Gasteiger partial charge on any atom is 0.342 e. The number of halogens is 1. The van der Waals surface area contributed by atoms with E-state index in [1.54, 1.807) is 17.8 Å². The number of hydrogen-bond donors (Lipinski definition) is 2. The number of thioether (sulfide) groups is 1. The first-order valence-electron chi connectivity index (χ1n) is 5.61. The fourth-order valence-electron chi connectivity index (χ4n) is 1.45. The number of rotatable bonds is 8. The van der Waals surface area contributed by atoms with Crippen molar-refractivity contribution < 1.29 is 19.2 Å². The molecule has 0 atom stereocenters. The van der Waals surface area contributed by atoms with Crippen LogP contribution < -0.4 is 5.32 Å². The number of nitrogens with one attached hydrogen (secondary N) is 1. The zero-order valence-corrected chi connectivity index (χ0v) is 11.3. The first-order chi connectivity index (χ1) is 9.47. The topological polar surface area (TPSA) is 92.5 Å². The molecule has 0 saturated carbocycles. The number of hydrogen-bond acceptors (Lipinski definition) is 5. The van der Waals surface area contributed by atoms with Crippen LogP contribution in [0.4, 0.5) is 15.8 Å². The fraction of sp³-hybridized carbons (Fsp3) is 0.250. The number of aromatic carboxylic acids is 1. The Bertz CT molecular complexity index is 536. The molecule has 1 rings (SSSR count). The Kier molecular flexibility index (Phi) is 5.98. The lowest BCUT2D eigenvalue weighted by molar-refractivity contribution is -0.385. The van der Waals surface area contributed by atoms with E-state index in [1.165, 1.54) is 0 Å². The molecule has 0 spiro atoms. The Morgan fingerprint density at radius 1 is 1.60 bits per heavy atom. The molecule has 8 heteroatoms. The van der Waals surface area contributed by atoms with Crippen molar-refractivity contribution in [1.29, 1.82) is 0 Å². The Hall–Kier alpha value is -2.09. The van der Waals surface area contributed by atoms with E-state index >= 15 is 0 Å². The molecule has 1 aromatic rings. The summed E-state index contributed by atoms with van der Waals surface area (Å²) in [5, 5.41) is 22.3. The third-order valence-corrected chi connectivity index (χ3v) is 3.27. The normalized spacial score (nSPS) is 10.1. The number of carboxylic acids is 1. The summed E-state index contributed by atoms with van der Waals surface area (Å²) in [6, 6.07) is 1.55. The van der Waals surface area contributed by atoms with Crippen molar-refractivity contribution in [2.75, 3.05) is 23.4 Å². The second-order valence-electron chi connectivity index (χ2n) is 3.70. The summed E-state index contributed by atoms with van der Waals surface area (Å²) < 4.78 is 13.6. The molecule has 0 aliphatic heterocycles. The summed E-state index contributed by atoms with van der Waals surface area (Å²) in [7, 11) is 0. The van der Waals surface area contributed by atoms with Gasteiger partial charge >= 0.3 is 5.97 Å². The number of nitrogens with zero attached hydrogens (tertiary/aromatic N) is 1. The molecule has 0 aliphatic rings. The molecule has 0 radical (unpaired) electrons. The van der Waals surface area contributed by atoms with E-state index in [0.717, 1.165) is 11.8 Å². The monoisotopic (exact) mass is 300 g/mol. The maximum absolute atomic E-state index is 13.6. The summed E-state index contributed by atoms with van der Waals surface area (Å²) in [5.41, 5.74) is -1.37. The van der Waals surface area contributed by atoms with Crippen LogP contribution in [-0.4, -0.2) is 34.0 Å². The van der Waals surface area contributed by atoms with Crippen LogP contribution in [0.5, 0.6) is 0 Å². The van der Waals surface area contributed by atoms with Crippen LogP contribution in [0.1, 0.15) is 10.4 Å². The van der Waals surface area contributed by atoms with E-state index in [9.17, 15) is 19.3 Å². The summed E-state index contributed by atoms with van der Waals surface area (Å²) >= 11 is 1.57. The van der Waals surface area contributed by atoms with Crippen LogP contribution in [0.15, 0.2) is 24.8 Å². The Balaban J connectivity index is 2.87. The number of carbonyl (C=O) groups is 1. The van der Waals surface area contributed by atoms with Gasteiger partial charge in [-0.3, -0.25) is 10.1 Å². The molecular weight excluding hydrogens is 287 g/mol. The van der Waals surface area contributed by atoms with E-state index in [-0.39, 0.29) is 5.69 Å². The van der Waals surface area contributed by atoms with Gasteiger partial charge in [0.25, 0.3) is 5.69 Å². The number of anilines is 1. The van der Waals surface area contributed by atoms with Gasteiger partial charge in [0.05, 0.1) is 16.7 Å². The lowest BCUT2D eigenvalue weighted by Crippen LogP contribution is -2.09. The minimum absolute atomic E-state index is 0.0628. The van der Waals surface area contributed by atoms with Crippen LogP contribution in [0, 0.1) is 15.9 Å². The zero-order chi connectivity index (χ0) is 15.1. The summed E-state index contributed by atoms with van der Waals surface area (Å²) in [6.07, 6.45) is 1.74. The highest BCUT2D eigenvalue weighted by molar-refractivity contribution is 7.99. The third-order valence-electron chi connectivity index (χ3n) is 2.31. The quantitative estimate of drug-likeness (QED) is 0.332. The van der Waals surface area contributed by atoms with Crippen molar-refractivity contribution in [1.82, 2.24) is 0 Å². The van der Waals surface area contributed by atoms with Gasteiger partial charge in [0.1, 0.15) is 5.56 Å². The highest BCUT2D eigenvalue weighted by Gasteiger charge is 2.23. The lowest BCUT2D eigenvalue weighted by atomic mass is 10.1. The lowest BCUT2D eigenvalue weighted by Gasteiger charge is -2.08. The predicted octanol–water partition coefficient (Wildman–Crippen LogP) is 2.76. The third kappa shape index (κ3) is 4.23. The molecule has 6 nitrogen and oxygen atoms in total. The van der Waals surface area contributed by atoms with Gasteiger partial charge in [-0.25, -0.2) is 9.18 Å². The Labute approximate surface area is 118 Å². The van der Waals surface area contributed by atoms with Crippen molar-refractivity contribution in [3.05, 3.63) is 46.3 Å². The van der Waals surface area contributed by atoms with Gasteiger partial charge in [-0.2, -0.15) is 11.8 Å². The highest BCUT2D eigenvalue weighted by atomic mass is 32.2. The van der Waals surface area contributed by atoms with Crippen molar-refractivity contribution in [2.24, 2.45) is 0 Å². The largest absolute Gasteiger partial charge is 0.477 e. The molecule has 0 saturated heterocycles. The van der Waals surface area contributed by atoms with E-state index in [4.69, 9.17) is 5.11 Å². The summed E-state index contributed by atoms with van der Waals surface area (Å²) in [5.74, 6) is -0.897. The molecule has 0 unspecified atom stereocenters. The van der Waals surface area contributed by atoms with Crippen LogP contribution in [0.25, 0.3) is 0 Å². The minimum Gasteiger partial charge on any atom is -0.477 e. The molecule has 0 fully saturated rings. The number of benzene rings is 1. The molecule has 0 bridgehead atoms. The van der Waals surface area contributed by atoms with Crippen molar-refractivity contribution in [3.63, 3.8) is 0 Å². The molecule has 108 valence electrons.